The molecular formula is C22H30N4O4S. The van der Waals surface area contributed by atoms with Gasteiger partial charge in [-0.05, 0) is 29.8 Å². The van der Waals surface area contributed by atoms with Crippen LogP contribution in [0.25, 0.3) is 0 Å². The fourth-order valence-corrected chi connectivity index (χ4v) is 5.38. The highest BCUT2D eigenvalue weighted by atomic mass is 32.2. The Morgan fingerprint density at radius 1 is 1.03 bits per heavy atom. The van der Waals surface area contributed by atoms with Gasteiger partial charge in [0, 0.05) is 50.6 Å². The summed E-state index contributed by atoms with van der Waals surface area (Å²) in [6.07, 6.45) is 0.746. The Balaban J connectivity index is 1.37. The topological polar surface area (TPSA) is 84.7 Å². The van der Waals surface area contributed by atoms with Crippen molar-refractivity contribution in [3.63, 3.8) is 0 Å². The van der Waals surface area contributed by atoms with Gasteiger partial charge in [-0.25, -0.2) is 13.1 Å². The Morgan fingerprint density at radius 2 is 1.77 bits per heavy atom. The molecule has 31 heavy (non-hydrogen) atoms. The van der Waals surface area contributed by atoms with Crippen molar-refractivity contribution in [1.82, 2.24) is 19.0 Å². The quantitative estimate of drug-likeness (QED) is 0.692. The predicted octanol–water partition coefficient (Wildman–Crippen LogP) is 1.48. The molecule has 1 fully saturated rings. The van der Waals surface area contributed by atoms with Crippen LogP contribution in [0.4, 0.5) is 0 Å². The lowest BCUT2D eigenvalue weighted by Gasteiger charge is -2.34. The van der Waals surface area contributed by atoms with Crippen LogP contribution in [-0.4, -0.2) is 66.7 Å². The molecule has 0 radical (unpaired) electrons. The molecule has 0 saturated carbocycles. The second-order valence-corrected chi connectivity index (χ2v) is 11.1. The van der Waals surface area contributed by atoms with Gasteiger partial charge >= 0.3 is 0 Å². The second kappa shape index (κ2) is 8.37. The summed E-state index contributed by atoms with van der Waals surface area (Å²) in [6, 6.07) is 8.48. The van der Waals surface area contributed by atoms with Crippen molar-refractivity contribution in [2.45, 2.75) is 44.0 Å². The lowest BCUT2D eigenvalue weighted by Crippen LogP contribution is -2.49. The van der Waals surface area contributed by atoms with E-state index in [-0.39, 0.29) is 11.0 Å². The van der Waals surface area contributed by atoms with Crippen molar-refractivity contribution in [2.75, 3.05) is 39.3 Å². The first-order chi connectivity index (χ1) is 14.6. The van der Waals surface area contributed by atoms with Crippen LogP contribution < -0.4 is 10.3 Å². The third kappa shape index (κ3) is 4.68. The number of aromatic nitrogens is 2. The lowest BCUT2D eigenvalue weighted by molar-refractivity contribution is 0.180. The number of hydrogen-bond acceptors (Lipinski definition) is 6. The number of hydrogen-bond donors (Lipinski definition) is 0. The Labute approximate surface area is 183 Å². The molecule has 2 aliphatic heterocycles. The summed E-state index contributed by atoms with van der Waals surface area (Å²) < 4.78 is 34.7. The third-order valence-corrected chi connectivity index (χ3v) is 7.79. The van der Waals surface area contributed by atoms with Gasteiger partial charge in [-0.1, -0.05) is 20.8 Å². The second-order valence-electron chi connectivity index (χ2n) is 9.14. The summed E-state index contributed by atoms with van der Waals surface area (Å²) in [5.74, 6) is 0.781. The standard InChI is InChI=1S/C22H30N4O4S/c1-22(2,3)20-6-7-21(27)26(23-20)14-11-24-9-12-25(13-10-24)31(28,29)18-4-5-19-17(16-18)8-15-30-19/h4-7,16H,8-15H2,1-3H3. The number of fused-ring (bicyclic) bond motifs is 1. The minimum absolute atomic E-state index is 0.116. The Kier molecular flexibility index (Phi) is 5.93. The van der Waals surface area contributed by atoms with Crippen molar-refractivity contribution in [3.05, 3.63) is 51.9 Å². The third-order valence-electron chi connectivity index (χ3n) is 5.89. The van der Waals surface area contributed by atoms with E-state index in [2.05, 4.69) is 30.8 Å². The Morgan fingerprint density at radius 3 is 2.48 bits per heavy atom. The first kappa shape index (κ1) is 22.0. The van der Waals surface area contributed by atoms with Gasteiger partial charge in [0.2, 0.25) is 10.0 Å². The number of rotatable bonds is 5. The molecule has 0 unspecified atom stereocenters. The van der Waals surface area contributed by atoms with Crippen LogP contribution in [0.2, 0.25) is 0 Å². The van der Waals surface area contributed by atoms with Crippen LogP contribution >= 0.6 is 0 Å². The molecular weight excluding hydrogens is 416 g/mol. The molecule has 0 spiro atoms. The van der Waals surface area contributed by atoms with Gasteiger partial charge in [0.15, 0.2) is 0 Å². The molecule has 1 aromatic carbocycles. The zero-order valence-corrected chi connectivity index (χ0v) is 19.2. The summed E-state index contributed by atoms with van der Waals surface area (Å²) in [7, 11) is -3.52. The normalized spacial score (nSPS) is 18.0. The van der Waals surface area contributed by atoms with E-state index in [9.17, 15) is 13.2 Å². The van der Waals surface area contributed by atoms with Gasteiger partial charge in [-0.15, -0.1) is 0 Å². The molecule has 0 atom stereocenters. The van der Waals surface area contributed by atoms with Crippen molar-refractivity contribution in [3.8, 4) is 5.75 Å². The first-order valence-corrected chi connectivity index (χ1v) is 12.2. The molecule has 0 N–H and O–H groups in total. The molecule has 168 valence electrons. The fourth-order valence-electron chi connectivity index (χ4n) is 3.91. The van der Waals surface area contributed by atoms with Gasteiger partial charge in [0.1, 0.15) is 5.75 Å². The van der Waals surface area contributed by atoms with Gasteiger partial charge in [-0.3, -0.25) is 9.69 Å². The van der Waals surface area contributed by atoms with Gasteiger partial charge in [-0.2, -0.15) is 9.40 Å². The van der Waals surface area contributed by atoms with Crippen molar-refractivity contribution in [1.29, 1.82) is 0 Å². The van der Waals surface area contributed by atoms with Crippen LogP contribution in [0.5, 0.6) is 5.75 Å². The summed E-state index contributed by atoms with van der Waals surface area (Å²) in [5, 5.41) is 4.51. The predicted molar refractivity (Wildman–Crippen MR) is 118 cm³/mol. The van der Waals surface area contributed by atoms with Crippen LogP contribution in [0.1, 0.15) is 32.0 Å². The summed E-state index contributed by atoms with van der Waals surface area (Å²) in [5.41, 5.74) is 1.59. The molecule has 2 aliphatic rings. The lowest BCUT2D eigenvalue weighted by atomic mass is 9.92. The van der Waals surface area contributed by atoms with Crippen molar-refractivity contribution >= 4 is 10.0 Å². The molecule has 4 rings (SSSR count). The largest absolute Gasteiger partial charge is 0.493 e. The summed E-state index contributed by atoms with van der Waals surface area (Å²) in [4.78, 5) is 14.7. The molecule has 0 amide bonds. The van der Waals surface area contributed by atoms with E-state index in [1.54, 1.807) is 34.6 Å². The van der Waals surface area contributed by atoms with Crippen molar-refractivity contribution < 1.29 is 13.2 Å². The van der Waals surface area contributed by atoms with E-state index < -0.39 is 10.0 Å². The van der Waals surface area contributed by atoms with E-state index in [1.807, 2.05) is 0 Å². The highest BCUT2D eigenvalue weighted by Gasteiger charge is 2.29. The number of piperazine rings is 1. The highest BCUT2D eigenvalue weighted by Crippen LogP contribution is 2.29. The van der Waals surface area contributed by atoms with Crippen LogP contribution in [0, 0.1) is 0 Å². The zero-order valence-electron chi connectivity index (χ0n) is 18.4. The molecule has 8 nitrogen and oxygen atoms in total. The van der Waals surface area contributed by atoms with Crippen LogP contribution in [-0.2, 0) is 28.4 Å². The first-order valence-electron chi connectivity index (χ1n) is 10.7. The van der Waals surface area contributed by atoms with Gasteiger partial charge in [0.05, 0.1) is 23.7 Å². The fraction of sp³-hybridized carbons (Fsp3) is 0.545. The number of ether oxygens (including phenoxy) is 1. The van der Waals surface area contributed by atoms with E-state index in [1.165, 1.54) is 4.68 Å². The van der Waals surface area contributed by atoms with E-state index in [0.717, 1.165) is 23.4 Å². The van der Waals surface area contributed by atoms with E-state index in [0.29, 0.717) is 50.8 Å². The summed E-state index contributed by atoms with van der Waals surface area (Å²) in [6.45, 7) is 10.1. The molecule has 1 aromatic heterocycles. The minimum atomic E-state index is -3.52. The van der Waals surface area contributed by atoms with E-state index in [4.69, 9.17) is 4.74 Å². The van der Waals surface area contributed by atoms with Gasteiger partial charge < -0.3 is 4.74 Å². The maximum atomic E-state index is 13.1. The monoisotopic (exact) mass is 446 g/mol. The SMILES string of the molecule is CC(C)(C)c1ccc(=O)n(CCN2CCN(S(=O)(=O)c3ccc4c(c3)CCO4)CC2)n1. The molecule has 9 heteroatoms. The number of sulfonamides is 1. The molecule has 2 aromatic rings. The molecule has 0 aliphatic carbocycles. The molecule has 1 saturated heterocycles. The highest BCUT2D eigenvalue weighted by molar-refractivity contribution is 7.89. The average Bonchev–Trinajstić information content (AvgIpc) is 3.20. The number of nitrogens with zero attached hydrogens (tertiary/aromatic N) is 4. The van der Waals surface area contributed by atoms with Crippen molar-refractivity contribution in [2.24, 2.45) is 0 Å². The maximum absolute atomic E-state index is 13.1. The average molecular weight is 447 g/mol. The maximum Gasteiger partial charge on any atom is 0.266 e. The Bertz CT molecular complexity index is 1110. The molecule has 3 heterocycles. The minimum Gasteiger partial charge on any atom is -0.493 e. The number of benzene rings is 1. The Hall–Kier alpha value is -2.23. The van der Waals surface area contributed by atoms with Crippen LogP contribution in [0.15, 0.2) is 40.0 Å². The summed E-state index contributed by atoms with van der Waals surface area (Å²) >= 11 is 0. The van der Waals surface area contributed by atoms with Gasteiger partial charge in [0.25, 0.3) is 5.56 Å². The smallest absolute Gasteiger partial charge is 0.266 e. The van der Waals surface area contributed by atoms with Crippen LogP contribution in [0.3, 0.4) is 0 Å². The zero-order chi connectivity index (χ0) is 22.2. The van der Waals surface area contributed by atoms with E-state index >= 15 is 0 Å². The molecule has 0 bridgehead atoms.